The summed E-state index contributed by atoms with van der Waals surface area (Å²) in [5.74, 6) is 0. The predicted molar refractivity (Wildman–Crippen MR) is 178 cm³/mol. The van der Waals surface area contributed by atoms with Gasteiger partial charge in [-0.05, 0) is 196 Å². The second kappa shape index (κ2) is 7.46. The fraction of sp³-hybridized carbons (Fsp3) is 0.0952. The minimum atomic E-state index is 1.02. The van der Waals surface area contributed by atoms with E-state index in [0.717, 1.165) is 25.7 Å². The molecule has 0 radical (unpaired) electrons. The summed E-state index contributed by atoms with van der Waals surface area (Å²) in [6, 6.07) is 34.0. The van der Waals surface area contributed by atoms with E-state index in [1.54, 1.807) is 0 Å². The third-order valence-corrected chi connectivity index (χ3v) is 10.5. The molecule has 0 atom stereocenters. The van der Waals surface area contributed by atoms with Gasteiger partial charge in [0.15, 0.2) is 0 Å². The average molecular weight is 531 g/mol. The van der Waals surface area contributed by atoms with Crippen molar-refractivity contribution < 1.29 is 0 Å². The highest BCUT2D eigenvalue weighted by molar-refractivity contribution is 6.04. The molecule has 42 heavy (non-hydrogen) atoms. The van der Waals surface area contributed by atoms with E-state index in [4.69, 9.17) is 0 Å². The molecular weight excluding hydrogens is 504 g/mol. The third kappa shape index (κ3) is 2.87. The lowest BCUT2D eigenvalue weighted by atomic mass is 9.94. The third-order valence-electron chi connectivity index (χ3n) is 10.5. The van der Waals surface area contributed by atoms with Crippen molar-refractivity contribution in [2.45, 2.75) is 25.7 Å². The Morgan fingerprint density at radius 3 is 1.07 bits per heavy atom. The maximum absolute atomic E-state index is 2.51. The van der Waals surface area contributed by atoms with Crippen LogP contribution >= 0.6 is 0 Å². The van der Waals surface area contributed by atoms with Gasteiger partial charge in [0.1, 0.15) is 0 Å². The van der Waals surface area contributed by atoms with Crippen LogP contribution < -0.4 is 0 Å². The van der Waals surface area contributed by atoms with Gasteiger partial charge >= 0.3 is 0 Å². The molecule has 0 N–H and O–H groups in total. The van der Waals surface area contributed by atoms with Crippen molar-refractivity contribution in [3.8, 4) is 22.3 Å². The number of benzene rings is 7. The minimum Gasteiger partial charge on any atom is -0.0795 e. The molecule has 4 aliphatic rings. The zero-order valence-corrected chi connectivity index (χ0v) is 23.2. The Morgan fingerprint density at radius 2 is 0.619 bits per heavy atom. The van der Waals surface area contributed by atoms with Gasteiger partial charge in [0, 0.05) is 0 Å². The van der Waals surface area contributed by atoms with Crippen molar-refractivity contribution in [3.63, 3.8) is 0 Å². The molecule has 0 heteroatoms. The SMILES string of the molecule is C1=Cc2cc3cc4cc5c(cc4cc3cc2C1)-c1cc2c(cc1C5)-c1cc3cc4cc5c(cc4cc3cc1C2)C=CC5. The van der Waals surface area contributed by atoms with Crippen molar-refractivity contribution in [1.29, 1.82) is 0 Å². The standard InChI is InChI=1S/C42H26/c1-3-23-7-27-11-31-15-35-17-37-22-42-38(21-41(37)39(35)19-33(31)13-29(27)9-25(23)5-1)18-36-16-32-12-28-8-24-4-2-6-26(24)10-30(28)14-34(32)20-40(36)42/h1-4,7-16,19-22H,5-6,17-18H2. The Balaban J connectivity index is 1.04. The van der Waals surface area contributed by atoms with Gasteiger partial charge in [0.05, 0.1) is 0 Å². The zero-order valence-electron chi connectivity index (χ0n) is 23.2. The number of hydrogen-bond acceptors (Lipinski definition) is 0. The lowest BCUT2D eigenvalue weighted by Crippen LogP contribution is -1.86. The summed E-state index contributed by atoms with van der Waals surface area (Å²) in [4.78, 5) is 0. The van der Waals surface area contributed by atoms with E-state index in [9.17, 15) is 0 Å². The molecule has 0 fully saturated rings. The van der Waals surface area contributed by atoms with Gasteiger partial charge in [0.2, 0.25) is 0 Å². The molecule has 0 amide bonds. The van der Waals surface area contributed by atoms with Crippen molar-refractivity contribution in [3.05, 3.63) is 142 Å². The smallest absolute Gasteiger partial charge is 0.00130 e. The molecule has 0 unspecified atom stereocenters. The number of allylic oxidation sites excluding steroid dienone is 2. The monoisotopic (exact) mass is 530 g/mol. The molecule has 0 saturated carbocycles. The predicted octanol–water partition coefficient (Wildman–Crippen LogP) is 10.6. The molecule has 11 rings (SSSR count). The summed E-state index contributed by atoms with van der Waals surface area (Å²) in [6.45, 7) is 0. The molecule has 7 aromatic rings. The molecule has 0 heterocycles. The highest BCUT2D eigenvalue weighted by atomic mass is 14.3. The van der Waals surface area contributed by atoms with Crippen LogP contribution in [0.25, 0.3) is 77.5 Å². The molecule has 0 aliphatic heterocycles. The van der Waals surface area contributed by atoms with E-state index in [1.165, 1.54) is 110 Å². The minimum absolute atomic E-state index is 1.02. The first-order chi connectivity index (χ1) is 20.7. The highest BCUT2D eigenvalue weighted by Gasteiger charge is 2.26. The van der Waals surface area contributed by atoms with Gasteiger partial charge in [-0.15, -0.1) is 0 Å². The lowest BCUT2D eigenvalue weighted by molar-refractivity contribution is 1.24. The first-order valence-electron chi connectivity index (χ1n) is 15.3. The van der Waals surface area contributed by atoms with E-state index in [0.29, 0.717) is 0 Å². The van der Waals surface area contributed by atoms with Gasteiger partial charge in [-0.1, -0.05) is 48.6 Å². The molecule has 7 aromatic carbocycles. The molecule has 0 nitrogen and oxygen atoms in total. The maximum atomic E-state index is 2.51. The summed E-state index contributed by atoms with van der Waals surface area (Å²) < 4.78 is 0. The fourth-order valence-electron chi connectivity index (χ4n) is 8.40. The lowest BCUT2D eigenvalue weighted by Gasteiger charge is -2.10. The number of fused-ring (bicyclic) bond motifs is 12. The first-order valence-corrected chi connectivity index (χ1v) is 15.3. The van der Waals surface area contributed by atoms with Crippen molar-refractivity contribution >= 4 is 55.2 Å². The van der Waals surface area contributed by atoms with Gasteiger partial charge in [-0.3, -0.25) is 0 Å². The highest BCUT2D eigenvalue weighted by Crippen LogP contribution is 2.47. The van der Waals surface area contributed by atoms with E-state index < -0.39 is 0 Å². The topological polar surface area (TPSA) is 0 Å². The van der Waals surface area contributed by atoms with Crippen LogP contribution in [0, 0.1) is 0 Å². The Morgan fingerprint density at radius 1 is 0.286 bits per heavy atom. The van der Waals surface area contributed by atoms with E-state index in [1.807, 2.05) is 0 Å². The van der Waals surface area contributed by atoms with Crippen LogP contribution in [0.5, 0.6) is 0 Å². The number of rotatable bonds is 0. The quantitative estimate of drug-likeness (QED) is 0.171. The summed E-state index contributed by atoms with van der Waals surface area (Å²) in [7, 11) is 0. The van der Waals surface area contributed by atoms with Crippen LogP contribution in [0.15, 0.2) is 97.1 Å². The summed E-state index contributed by atoms with van der Waals surface area (Å²) >= 11 is 0. The first kappa shape index (κ1) is 21.8. The molecule has 0 aromatic heterocycles. The Kier molecular flexibility index (Phi) is 3.87. The second-order valence-corrected chi connectivity index (χ2v) is 12.9. The maximum Gasteiger partial charge on any atom is -0.00130 e. The Hall–Kier alpha value is -4.94. The van der Waals surface area contributed by atoms with Crippen LogP contribution in [0.1, 0.15) is 44.5 Å². The van der Waals surface area contributed by atoms with Crippen molar-refractivity contribution in [2.24, 2.45) is 0 Å². The number of hydrogen-bond donors (Lipinski definition) is 0. The molecule has 194 valence electrons. The molecule has 0 spiro atoms. The van der Waals surface area contributed by atoms with Gasteiger partial charge in [0.25, 0.3) is 0 Å². The Labute approximate surface area is 244 Å². The van der Waals surface area contributed by atoms with Gasteiger partial charge < -0.3 is 0 Å². The molecule has 0 bridgehead atoms. The second-order valence-electron chi connectivity index (χ2n) is 12.9. The Bertz CT molecular complexity index is 2320. The van der Waals surface area contributed by atoms with Crippen molar-refractivity contribution in [2.75, 3.05) is 0 Å². The van der Waals surface area contributed by atoms with E-state index in [2.05, 4.69) is 109 Å². The average Bonchev–Trinajstić information content (AvgIpc) is 3.78. The molecular formula is C42H26. The summed E-state index contributed by atoms with van der Waals surface area (Å²) in [5.41, 5.74) is 17.3. The van der Waals surface area contributed by atoms with E-state index >= 15 is 0 Å². The van der Waals surface area contributed by atoms with Gasteiger partial charge in [-0.25, -0.2) is 0 Å². The van der Waals surface area contributed by atoms with Crippen LogP contribution in [0.2, 0.25) is 0 Å². The summed E-state index contributed by atoms with van der Waals surface area (Å²) in [6.07, 6.45) is 13.2. The zero-order chi connectivity index (χ0) is 27.1. The van der Waals surface area contributed by atoms with E-state index in [-0.39, 0.29) is 0 Å². The summed E-state index contributed by atoms with van der Waals surface area (Å²) in [5, 5.41) is 10.8. The molecule has 0 saturated heterocycles. The van der Waals surface area contributed by atoms with Crippen LogP contribution in [0.3, 0.4) is 0 Å². The van der Waals surface area contributed by atoms with Crippen LogP contribution in [0.4, 0.5) is 0 Å². The van der Waals surface area contributed by atoms with Crippen molar-refractivity contribution in [1.82, 2.24) is 0 Å². The molecule has 4 aliphatic carbocycles. The van der Waals surface area contributed by atoms with Gasteiger partial charge in [-0.2, -0.15) is 0 Å². The van der Waals surface area contributed by atoms with Crippen LogP contribution in [-0.2, 0) is 25.7 Å². The normalized spacial score (nSPS) is 15.0. The largest absolute Gasteiger partial charge is 0.0795 e. The van der Waals surface area contributed by atoms with Crippen LogP contribution in [-0.4, -0.2) is 0 Å². The fourth-order valence-corrected chi connectivity index (χ4v) is 8.40.